The van der Waals surface area contributed by atoms with Gasteiger partial charge in [-0.1, -0.05) is 41.9 Å². The monoisotopic (exact) mass is 317 g/mol. The zero-order valence-electron chi connectivity index (χ0n) is 12.9. The molecule has 0 aliphatic rings. The van der Waals surface area contributed by atoms with Crippen LogP contribution in [0, 0.1) is 6.92 Å². The highest BCUT2D eigenvalue weighted by Gasteiger charge is 2.13. The van der Waals surface area contributed by atoms with E-state index >= 15 is 0 Å². The number of likely N-dealkylation sites (N-methyl/N-ethyl adjacent to an activating group) is 1. The van der Waals surface area contributed by atoms with Crippen molar-refractivity contribution in [1.29, 1.82) is 0 Å². The fourth-order valence-electron chi connectivity index (χ4n) is 2.12. The molecule has 2 aromatic rings. The number of halogens is 1. The Balaban J connectivity index is 1.93. The molecule has 0 aromatic heterocycles. The minimum Gasteiger partial charge on any atom is -0.484 e. The van der Waals surface area contributed by atoms with Gasteiger partial charge in [-0.3, -0.25) is 4.79 Å². The largest absolute Gasteiger partial charge is 0.484 e. The first-order valence-electron chi connectivity index (χ1n) is 7.30. The van der Waals surface area contributed by atoms with Gasteiger partial charge in [0.25, 0.3) is 5.91 Å². The maximum Gasteiger partial charge on any atom is 0.260 e. The van der Waals surface area contributed by atoms with E-state index in [-0.39, 0.29) is 12.5 Å². The number of rotatable bonds is 6. The van der Waals surface area contributed by atoms with Crippen LogP contribution in [0.25, 0.3) is 0 Å². The lowest BCUT2D eigenvalue weighted by atomic mass is 10.2. The van der Waals surface area contributed by atoms with Gasteiger partial charge in [-0.15, -0.1) is 0 Å². The average molecular weight is 318 g/mol. The Kier molecular flexibility index (Phi) is 5.84. The minimum absolute atomic E-state index is 0.0287. The van der Waals surface area contributed by atoms with Crippen LogP contribution in [0.4, 0.5) is 0 Å². The van der Waals surface area contributed by atoms with Crippen molar-refractivity contribution in [3.8, 4) is 5.75 Å². The minimum atomic E-state index is -0.0287. The summed E-state index contributed by atoms with van der Waals surface area (Å²) >= 11 is 5.98. The third kappa shape index (κ3) is 4.50. The quantitative estimate of drug-likeness (QED) is 0.803. The van der Waals surface area contributed by atoms with E-state index in [9.17, 15) is 4.79 Å². The molecule has 0 atom stereocenters. The fraction of sp³-hybridized carbons (Fsp3) is 0.278. The van der Waals surface area contributed by atoms with Crippen molar-refractivity contribution in [3.63, 3.8) is 0 Å². The first-order chi connectivity index (χ1) is 10.6. The number of hydrogen-bond acceptors (Lipinski definition) is 2. The molecule has 0 unspecified atom stereocenters. The molecule has 4 heteroatoms. The zero-order chi connectivity index (χ0) is 15.9. The Labute approximate surface area is 136 Å². The van der Waals surface area contributed by atoms with Gasteiger partial charge in [-0.05, 0) is 43.2 Å². The Morgan fingerprint density at radius 2 is 1.91 bits per heavy atom. The predicted molar refractivity (Wildman–Crippen MR) is 89.2 cm³/mol. The highest BCUT2D eigenvalue weighted by atomic mass is 35.5. The number of carbonyl (C=O) groups is 1. The number of carbonyl (C=O) groups excluding carboxylic acids is 1. The van der Waals surface area contributed by atoms with Gasteiger partial charge in [0.2, 0.25) is 0 Å². The molecule has 22 heavy (non-hydrogen) atoms. The SMILES string of the molecule is CCN(Cc1ccccc1)C(=O)COc1ccc(Cl)c(C)c1. The van der Waals surface area contributed by atoms with Gasteiger partial charge in [0.1, 0.15) is 5.75 Å². The van der Waals surface area contributed by atoms with Crippen LogP contribution < -0.4 is 4.74 Å². The molecule has 116 valence electrons. The number of aryl methyl sites for hydroxylation is 1. The molecule has 0 bridgehead atoms. The van der Waals surface area contributed by atoms with Crippen LogP contribution in [0.5, 0.6) is 5.75 Å². The second-order valence-electron chi connectivity index (χ2n) is 5.09. The van der Waals surface area contributed by atoms with Gasteiger partial charge >= 0.3 is 0 Å². The molecule has 0 spiro atoms. The highest BCUT2D eigenvalue weighted by molar-refractivity contribution is 6.31. The van der Waals surface area contributed by atoms with Crippen LogP contribution in [0.3, 0.4) is 0 Å². The maximum absolute atomic E-state index is 12.3. The molecule has 0 N–H and O–H groups in total. The summed E-state index contributed by atoms with van der Waals surface area (Å²) in [6, 6.07) is 15.3. The van der Waals surface area contributed by atoms with Crippen molar-refractivity contribution in [2.45, 2.75) is 20.4 Å². The third-order valence-electron chi connectivity index (χ3n) is 3.44. The van der Waals surface area contributed by atoms with Crippen molar-refractivity contribution in [2.24, 2.45) is 0 Å². The average Bonchev–Trinajstić information content (AvgIpc) is 2.54. The molecular formula is C18H20ClNO2. The summed E-state index contributed by atoms with van der Waals surface area (Å²) in [6.45, 7) is 5.15. The van der Waals surface area contributed by atoms with Crippen molar-refractivity contribution in [1.82, 2.24) is 4.90 Å². The molecule has 0 radical (unpaired) electrons. The highest BCUT2D eigenvalue weighted by Crippen LogP contribution is 2.21. The Morgan fingerprint density at radius 3 is 2.55 bits per heavy atom. The standard InChI is InChI=1S/C18H20ClNO2/c1-3-20(12-15-7-5-4-6-8-15)18(21)13-22-16-9-10-17(19)14(2)11-16/h4-11H,3,12-13H2,1-2H3. The van der Waals surface area contributed by atoms with Crippen molar-refractivity contribution >= 4 is 17.5 Å². The van der Waals surface area contributed by atoms with E-state index < -0.39 is 0 Å². The molecule has 0 saturated carbocycles. The van der Waals surface area contributed by atoms with E-state index in [2.05, 4.69) is 0 Å². The molecule has 0 fully saturated rings. The van der Waals surface area contributed by atoms with Crippen LogP contribution in [-0.2, 0) is 11.3 Å². The molecule has 0 aliphatic carbocycles. The maximum atomic E-state index is 12.3. The second-order valence-corrected chi connectivity index (χ2v) is 5.50. The first-order valence-corrected chi connectivity index (χ1v) is 7.68. The number of hydrogen-bond donors (Lipinski definition) is 0. The first kappa shape index (κ1) is 16.4. The van der Waals surface area contributed by atoms with Crippen LogP contribution >= 0.6 is 11.6 Å². The van der Waals surface area contributed by atoms with Crippen molar-refractivity contribution < 1.29 is 9.53 Å². The smallest absolute Gasteiger partial charge is 0.260 e. The normalized spacial score (nSPS) is 10.3. The van der Waals surface area contributed by atoms with Crippen molar-refractivity contribution in [2.75, 3.05) is 13.2 Å². The molecule has 3 nitrogen and oxygen atoms in total. The van der Waals surface area contributed by atoms with Crippen LogP contribution in [0.1, 0.15) is 18.1 Å². The van der Waals surface area contributed by atoms with Gasteiger partial charge < -0.3 is 9.64 Å². The lowest BCUT2D eigenvalue weighted by molar-refractivity contribution is -0.133. The lowest BCUT2D eigenvalue weighted by Gasteiger charge is -2.21. The third-order valence-corrected chi connectivity index (χ3v) is 3.87. The lowest BCUT2D eigenvalue weighted by Crippen LogP contribution is -2.34. The van der Waals surface area contributed by atoms with Gasteiger partial charge in [0.05, 0.1) is 0 Å². The van der Waals surface area contributed by atoms with E-state index in [4.69, 9.17) is 16.3 Å². The van der Waals surface area contributed by atoms with Crippen LogP contribution in [-0.4, -0.2) is 24.0 Å². The molecule has 0 aliphatic heterocycles. The molecule has 0 saturated heterocycles. The van der Waals surface area contributed by atoms with Gasteiger partial charge in [0.15, 0.2) is 6.61 Å². The number of benzene rings is 2. The molecule has 1 amide bonds. The summed E-state index contributed by atoms with van der Waals surface area (Å²) in [7, 11) is 0. The molecular weight excluding hydrogens is 298 g/mol. The van der Waals surface area contributed by atoms with Gasteiger partial charge in [-0.25, -0.2) is 0 Å². The number of ether oxygens (including phenoxy) is 1. The Bertz CT molecular complexity index is 628. The summed E-state index contributed by atoms with van der Waals surface area (Å²) in [5.74, 6) is 0.630. The van der Waals surface area contributed by atoms with Crippen LogP contribution in [0.15, 0.2) is 48.5 Å². The summed E-state index contributed by atoms with van der Waals surface area (Å²) in [5, 5.41) is 0.693. The number of nitrogens with zero attached hydrogens (tertiary/aromatic N) is 1. The molecule has 2 rings (SSSR count). The topological polar surface area (TPSA) is 29.5 Å². The van der Waals surface area contributed by atoms with Crippen molar-refractivity contribution in [3.05, 3.63) is 64.7 Å². The second kappa shape index (κ2) is 7.85. The Morgan fingerprint density at radius 1 is 1.18 bits per heavy atom. The fourth-order valence-corrected chi connectivity index (χ4v) is 2.24. The van der Waals surface area contributed by atoms with E-state index in [0.29, 0.717) is 23.9 Å². The number of amides is 1. The van der Waals surface area contributed by atoms with E-state index in [1.165, 1.54) is 0 Å². The zero-order valence-corrected chi connectivity index (χ0v) is 13.6. The summed E-state index contributed by atoms with van der Waals surface area (Å²) in [4.78, 5) is 14.1. The summed E-state index contributed by atoms with van der Waals surface area (Å²) in [6.07, 6.45) is 0. The molecule has 0 heterocycles. The van der Waals surface area contributed by atoms with Crippen LogP contribution in [0.2, 0.25) is 5.02 Å². The van der Waals surface area contributed by atoms with E-state index in [0.717, 1.165) is 11.1 Å². The Hall–Kier alpha value is -2.00. The molecule has 2 aromatic carbocycles. The van der Waals surface area contributed by atoms with E-state index in [1.54, 1.807) is 17.0 Å². The van der Waals surface area contributed by atoms with E-state index in [1.807, 2.05) is 50.2 Å². The van der Waals surface area contributed by atoms with Gasteiger partial charge in [-0.2, -0.15) is 0 Å². The summed E-state index contributed by atoms with van der Waals surface area (Å²) in [5.41, 5.74) is 2.04. The summed E-state index contributed by atoms with van der Waals surface area (Å²) < 4.78 is 5.57. The predicted octanol–water partition coefficient (Wildman–Crippen LogP) is 4.08. The van der Waals surface area contributed by atoms with Gasteiger partial charge in [0, 0.05) is 18.1 Å².